The summed E-state index contributed by atoms with van der Waals surface area (Å²) in [6.45, 7) is 3.26. The predicted octanol–water partition coefficient (Wildman–Crippen LogP) is 3.30. The summed E-state index contributed by atoms with van der Waals surface area (Å²) in [5, 5.41) is 3.23. The number of carbonyl (C=O) groups is 1. The van der Waals surface area contributed by atoms with Gasteiger partial charge in [0.05, 0.1) is 5.02 Å². The van der Waals surface area contributed by atoms with Crippen molar-refractivity contribution in [2.75, 3.05) is 32.6 Å². The van der Waals surface area contributed by atoms with Crippen LogP contribution in [0.15, 0.2) is 24.3 Å². The molecule has 2 aromatic rings. The van der Waals surface area contributed by atoms with E-state index < -0.39 is 0 Å². The molecular formula is C15H18ClN3O2S. The number of anilines is 1. The molecule has 22 heavy (non-hydrogen) atoms. The van der Waals surface area contributed by atoms with Gasteiger partial charge in [0.15, 0.2) is 0 Å². The van der Waals surface area contributed by atoms with E-state index in [1.807, 2.05) is 25.9 Å². The topological polar surface area (TPSA) is 54.5 Å². The molecule has 0 fully saturated rings. The van der Waals surface area contributed by atoms with E-state index in [0.29, 0.717) is 28.8 Å². The van der Waals surface area contributed by atoms with Gasteiger partial charge in [-0.25, -0.2) is 0 Å². The number of aromatic nitrogens is 1. The molecular weight excluding hydrogens is 322 g/mol. The lowest BCUT2D eigenvalue weighted by Gasteiger charge is -2.12. The van der Waals surface area contributed by atoms with Gasteiger partial charge < -0.3 is 15.0 Å². The number of nitrogens with zero attached hydrogens (tertiary/aromatic N) is 2. The minimum Gasteiger partial charge on any atom is -0.491 e. The number of aryl methyl sites for hydroxylation is 1. The van der Waals surface area contributed by atoms with Crippen LogP contribution in [0, 0.1) is 6.92 Å². The number of benzene rings is 1. The minimum absolute atomic E-state index is 0.248. The van der Waals surface area contributed by atoms with E-state index in [9.17, 15) is 4.79 Å². The van der Waals surface area contributed by atoms with Crippen molar-refractivity contribution in [1.29, 1.82) is 0 Å². The third-order valence-electron chi connectivity index (χ3n) is 2.85. The highest BCUT2D eigenvalue weighted by atomic mass is 35.5. The van der Waals surface area contributed by atoms with Crippen molar-refractivity contribution in [1.82, 2.24) is 9.27 Å². The maximum Gasteiger partial charge on any atom is 0.275 e. The summed E-state index contributed by atoms with van der Waals surface area (Å²) in [7, 11) is 3.95. The van der Waals surface area contributed by atoms with Gasteiger partial charge in [-0.15, -0.1) is 0 Å². The fourth-order valence-electron chi connectivity index (χ4n) is 1.70. The van der Waals surface area contributed by atoms with Crippen LogP contribution in [0.4, 0.5) is 5.69 Å². The summed E-state index contributed by atoms with van der Waals surface area (Å²) >= 11 is 7.47. The average Bonchev–Trinajstić information content (AvgIpc) is 2.87. The smallest absolute Gasteiger partial charge is 0.275 e. The second-order valence-electron chi connectivity index (χ2n) is 5.07. The summed E-state index contributed by atoms with van der Waals surface area (Å²) in [5.41, 5.74) is 1.02. The molecule has 0 spiro atoms. The molecule has 0 saturated heterocycles. The van der Waals surface area contributed by atoms with Crippen molar-refractivity contribution in [3.8, 4) is 5.75 Å². The molecule has 0 bridgehead atoms. The first-order valence-electron chi connectivity index (χ1n) is 6.77. The zero-order chi connectivity index (χ0) is 16.1. The molecule has 1 N–H and O–H groups in total. The molecule has 2 rings (SSSR count). The molecule has 0 atom stereocenters. The molecule has 1 aromatic heterocycles. The first-order valence-corrected chi connectivity index (χ1v) is 7.92. The molecule has 0 aliphatic heterocycles. The van der Waals surface area contributed by atoms with Crippen molar-refractivity contribution in [3.05, 3.63) is 39.9 Å². The van der Waals surface area contributed by atoms with Crippen LogP contribution >= 0.6 is 23.1 Å². The summed E-state index contributed by atoms with van der Waals surface area (Å²) in [5.74, 6) is 0.354. The SMILES string of the molecule is Cc1cc(C(=O)Nc2ccc(OCCN(C)C)c(Cl)c2)ns1. The van der Waals surface area contributed by atoms with E-state index in [2.05, 4.69) is 9.69 Å². The molecule has 7 heteroatoms. The van der Waals surface area contributed by atoms with Crippen LogP contribution in [-0.2, 0) is 0 Å². The summed E-state index contributed by atoms with van der Waals surface area (Å²) in [4.78, 5) is 15.0. The van der Waals surface area contributed by atoms with E-state index in [4.69, 9.17) is 16.3 Å². The molecule has 0 saturated carbocycles. The zero-order valence-electron chi connectivity index (χ0n) is 12.7. The zero-order valence-corrected chi connectivity index (χ0v) is 14.3. The highest BCUT2D eigenvalue weighted by Crippen LogP contribution is 2.28. The number of rotatable bonds is 6. The molecule has 118 valence electrons. The number of carbonyl (C=O) groups excluding carboxylic acids is 1. The van der Waals surface area contributed by atoms with Gasteiger partial charge in [0.1, 0.15) is 18.1 Å². The summed E-state index contributed by atoms with van der Waals surface area (Å²) in [6, 6.07) is 6.93. The Hall–Kier alpha value is -1.63. The quantitative estimate of drug-likeness (QED) is 0.877. The number of amides is 1. The molecule has 1 heterocycles. The normalized spacial score (nSPS) is 10.8. The van der Waals surface area contributed by atoms with Gasteiger partial charge in [0.25, 0.3) is 5.91 Å². The molecule has 1 aromatic carbocycles. The van der Waals surface area contributed by atoms with E-state index >= 15 is 0 Å². The van der Waals surface area contributed by atoms with Gasteiger partial charge in [0.2, 0.25) is 0 Å². The Labute approximate surface area is 139 Å². The van der Waals surface area contributed by atoms with Crippen LogP contribution in [0.25, 0.3) is 0 Å². The van der Waals surface area contributed by atoms with Gasteiger partial charge in [0, 0.05) is 17.1 Å². The first-order chi connectivity index (χ1) is 10.5. The number of likely N-dealkylation sites (N-methyl/N-ethyl adjacent to an activating group) is 1. The fraction of sp³-hybridized carbons (Fsp3) is 0.333. The Morgan fingerprint density at radius 1 is 1.41 bits per heavy atom. The number of ether oxygens (including phenoxy) is 1. The number of hydrogen-bond acceptors (Lipinski definition) is 5. The Bertz CT molecular complexity index is 658. The van der Waals surface area contributed by atoms with Crippen LogP contribution in [0.1, 0.15) is 15.4 Å². The van der Waals surface area contributed by atoms with Gasteiger partial charge in [-0.05, 0) is 56.8 Å². The van der Waals surface area contributed by atoms with Crippen molar-refractivity contribution in [2.45, 2.75) is 6.92 Å². The van der Waals surface area contributed by atoms with E-state index in [1.54, 1.807) is 24.3 Å². The molecule has 0 aliphatic carbocycles. The van der Waals surface area contributed by atoms with Crippen molar-refractivity contribution < 1.29 is 9.53 Å². The lowest BCUT2D eigenvalue weighted by Crippen LogP contribution is -2.19. The van der Waals surface area contributed by atoms with Crippen LogP contribution < -0.4 is 10.1 Å². The second kappa shape index (κ2) is 7.58. The third-order valence-corrected chi connectivity index (χ3v) is 3.84. The van der Waals surface area contributed by atoms with Crippen molar-refractivity contribution in [2.24, 2.45) is 0 Å². The van der Waals surface area contributed by atoms with Crippen LogP contribution in [-0.4, -0.2) is 42.4 Å². The van der Waals surface area contributed by atoms with Crippen molar-refractivity contribution in [3.63, 3.8) is 0 Å². The highest BCUT2D eigenvalue weighted by molar-refractivity contribution is 7.05. The minimum atomic E-state index is -0.248. The molecule has 0 radical (unpaired) electrons. The van der Waals surface area contributed by atoms with Gasteiger partial charge in [-0.1, -0.05) is 11.6 Å². The van der Waals surface area contributed by atoms with E-state index in [0.717, 1.165) is 11.4 Å². The standard InChI is InChI=1S/C15H18ClN3O2S/c1-10-8-13(18-22-10)15(20)17-11-4-5-14(12(16)9-11)21-7-6-19(2)3/h4-5,8-9H,6-7H2,1-3H3,(H,17,20). The number of nitrogens with one attached hydrogen (secondary N) is 1. The molecule has 5 nitrogen and oxygen atoms in total. The number of hydrogen-bond donors (Lipinski definition) is 1. The molecule has 0 unspecified atom stereocenters. The molecule has 0 aliphatic rings. The lowest BCUT2D eigenvalue weighted by atomic mass is 10.3. The number of halogens is 1. The first kappa shape index (κ1) is 16.7. The van der Waals surface area contributed by atoms with Gasteiger partial charge in [-0.2, -0.15) is 4.37 Å². The Morgan fingerprint density at radius 2 is 2.18 bits per heavy atom. The van der Waals surface area contributed by atoms with Gasteiger partial charge in [-0.3, -0.25) is 4.79 Å². The Kier molecular flexibility index (Phi) is 5.76. The third kappa shape index (κ3) is 4.69. The largest absolute Gasteiger partial charge is 0.491 e. The highest BCUT2D eigenvalue weighted by Gasteiger charge is 2.11. The van der Waals surface area contributed by atoms with E-state index in [1.165, 1.54) is 11.5 Å². The Balaban J connectivity index is 1.98. The van der Waals surface area contributed by atoms with Crippen LogP contribution in [0.3, 0.4) is 0 Å². The van der Waals surface area contributed by atoms with Crippen LogP contribution in [0.2, 0.25) is 5.02 Å². The fourth-order valence-corrected chi connectivity index (χ4v) is 2.48. The van der Waals surface area contributed by atoms with Crippen LogP contribution in [0.5, 0.6) is 5.75 Å². The molecule has 1 amide bonds. The predicted molar refractivity (Wildman–Crippen MR) is 90.3 cm³/mol. The van der Waals surface area contributed by atoms with Crippen molar-refractivity contribution >= 4 is 34.7 Å². The Morgan fingerprint density at radius 3 is 2.77 bits per heavy atom. The summed E-state index contributed by atoms with van der Waals surface area (Å²) < 4.78 is 9.67. The van der Waals surface area contributed by atoms with Gasteiger partial charge >= 0.3 is 0 Å². The average molecular weight is 340 g/mol. The maximum absolute atomic E-state index is 12.0. The second-order valence-corrected chi connectivity index (χ2v) is 6.49. The summed E-state index contributed by atoms with van der Waals surface area (Å²) in [6.07, 6.45) is 0. The lowest BCUT2D eigenvalue weighted by molar-refractivity contribution is 0.102. The van der Waals surface area contributed by atoms with E-state index in [-0.39, 0.29) is 5.91 Å². The monoisotopic (exact) mass is 339 g/mol. The maximum atomic E-state index is 12.0.